The molecule has 0 bridgehead atoms. The Kier molecular flexibility index (Phi) is 5.38. The maximum atomic E-state index is 10.4. The van der Waals surface area contributed by atoms with E-state index in [1.807, 2.05) is 36.4 Å². The number of nitrogens with zero attached hydrogens (tertiary/aromatic N) is 1. The van der Waals surface area contributed by atoms with Gasteiger partial charge in [-0.3, -0.25) is 0 Å². The van der Waals surface area contributed by atoms with Gasteiger partial charge in [-0.15, -0.1) is 11.8 Å². The van der Waals surface area contributed by atoms with Crippen LogP contribution in [0.1, 0.15) is 11.1 Å². The predicted molar refractivity (Wildman–Crippen MR) is 84.6 cm³/mol. The molecule has 1 aromatic carbocycles. The fourth-order valence-electron chi connectivity index (χ4n) is 1.50. The monoisotopic (exact) mass is 349 g/mol. The van der Waals surface area contributed by atoms with Crippen molar-refractivity contribution in [1.29, 1.82) is 0 Å². The van der Waals surface area contributed by atoms with Crippen molar-refractivity contribution in [2.45, 2.75) is 10.8 Å². The van der Waals surface area contributed by atoms with Crippen LogP contribution in [-0.2, 0) is 10.5 Å². The van der Waals surface area contributed by atoms with Crippen molar-refractivity contribution < 1.29 is 9.90 Å². The van der Waals surface area contributed by atoms with Crippen molar-refractivity contribution in [3.8, 4) is 0 Å². The zero-order valence-electron chi connectivity index (χ0n) is 10.5. The highest BCUT2D eigenvalue weighted by Gasteiger charge is 1.98. The summed E-state index contributed by atoms with van der Waals surface area (Å²) >= 11 is 5.02. The minimum absolute atomic E-state index is 0.831. The average molecular weight is 350 g/mol. The molecule has 0 fully saturated rings. The van der Waals surface area contributed by atoms with E-state index in [1.165, 1.54) is 5.56 Å². The summed E-state index contributed by atoms with van der Waals surface area (Å²) in [6, 6.07) is 11.7. The van der Waals surface area contributed by atoms with Gasteiger partial charge in [0.1, 0.15) is 0 Å². The van der Waals surface area contributed by atoms with Crippen molar-refractivity contribution in [1.82, 2.24) is 4.98 Å². The number of aliphatic carboxylic acids is 1. The molecular formula is C15H12BrNO2S. The van der Waals surface area contributed by atoms with E-state index in [0.717, 1.165) is 26.9 Å². The molecule has 1 N–H and O–H groups in total. The van der Waals surface area contributed by atoms with E-state index < -0.39 is 5.97 Å². The number of halogens is 1. The second-order valence-electron chi connectivity index (χ2n) is 4.02. The highest BCUT2D eigenvalue weighted by Crippen LogP contribution is 2.22. The molecule has 2 aromatic rings. The van der Waals surface area contributed by atoms with Gasteiger partial charge in [0.25, 0.3) is 0 Å². The topological polar surface area (TPSA) is 50.2 Å². The number of thioether (sulfide) groups is 1. The quantitative estimate of drug-likeness (QED) is 0.648. The Morgan fingerprint density at radius 2 is 2.00 bits per heavy atom. The minimum atomic E-state index is -0.939. The molecule has 0 atom stereocenters. The Labute approximate surface area is 129 Å². The van der Waals surface area contributed by atoms with Gasteiger partial charge in [-0.25, -0.2) is 9.78 Å². The van der Waals surface area contributed by atoms with Crippen LogP contribution in [0.4, 0.5) is 0 Å². The molecule has 0 saturated heterocycles. The van der Waals surface area contributed by atoms with Gasteiger partial charge in [0, 0.05) is 22.5 Å². The van der Waals surface area contributed by atoms with E-state index in [2.05, 4.69) is 20.9 Å². The lowest BCUT2D eigenvalue weighted by Gasteiger charge is -2.02. The molecule has 5 heteroatoms. The van der Waals surface area contributed by atoms with Gasteiger partial charge in [-0.2, -0.15) is 0 Å². The molecule has 1 aromatic heterocycles. The standard InChI is InChI=1S/C15H12BrNO2S/c16-13-6-7-14(17-9-13)20-10-12-3-1-11(2-4-12)5-8-15(18)19/h1-9H,10H2,(H,18,19). The van der Waals surface area contributed by atoms with Gasteiger partial charge >= 0.3 is 5.97 Å². The summed E-state index contributed by atoms with van der Waals surface area (Å²) in [6.07, 6.45) is 4.49. The van der Waals surface area contributed by atoms with Crippen LogP contribution in [0.3, 0.4) is 0 Å². The van der Waals surface area contributed by atoms with Crippen LogP contribution in [0.25, 0.3) is 6.08 Å². The van der Waals surface area contributed by atoms with E-state index in [0.29, 0.717) is 0 Å². The average Bonchev–Trinajstić information content (AvgIpc) is 2.45. The van der Waals surface area contributed by atoms with Gasteiger partial charge in [0.2, 0.25) is 0 Å². The predicted octanol–water partition coefficient (Wildman–Crippen LogP) is 4.23. The molecule has 0 saturated carbocycles. The number of hydrogen-bond acceptors (Lipinski definition) is 3. The van der Waals surface area contributed by atoms with E-state index in [9.17, 15) is 4.79 Å². The van der Waals surface area contributed by atoms with Gasteiger partial charge in [0.05, 0.1) is 5.03 Å². The first-order valence-corrected chi connectivity index (χ1v) is 7.65. The number of pyridine rings is 1. The molecule has 3 nitrogen and oxygen atoms in total. The van der Waals surface area contributed by atoms with Crippen LogP contribution >= 0.6 is 27.7 Å². The Morgan fingerprint density at radius 3 is 2.60 bits per heavy atom. The third kappa shape index (κ3) is 4.83. The van der Waals surface area contributed by atoms with Gasteiger partial charge in [-0.1, -0.05) is 24.3 Å². The first-order chi connectivity index (χ1) is 9.63. The van der Waals surface area contributed by atoms with Crippen molar-refractivity contribution in [2.24, 2.45) is 0 Å². The zero-order valence-corrected chi connectivity index (χ0v) is 12.9. The molecule has 0 spiro atoms. The zero-order chi connectivity index (χ0) is 14.4. The maximum Gasteiger partial charge on any atom is 0.328 e. The van der Waals surface area contributed by atoms with Crippen molar-refractivity contribution in [2.75, 3.05) is 0 Å². The van der Waals surface area contributed by atoms with Crippen LogP contribution < -0.4 is 0 Å². The third-order valence-electron chi connectivity index (χ3n) is 2.49. The van der Waals surface area contributed by atoms with Crippen LogP contribution in [0.2, 0.25) is 0 Å². The van der Waals surface area contributed by atoms with Crippen LogP contribution in [0.15, 0.2) is 58.2 Å². The number of hydrogen-bond donors (Lipinski definition) is 1. The Hall–Kier alpha value is -1.59. The molecule has 20 heavy (non-hydrogen) atoms. The minimum Gasteiger partial charge on any atom is -0.478 e. The smallest absolute Gasteiger partial charge is 0.328 e. The molecule has 0 aliphatic carbocycles. The number of carboxylic acid groups (broad SMARTS) is 1. The summed E-state index contributed by atoms with van der Waals surface area (Å²) in [5.74, 6) is -0.108. The summed E-state index contributed by atoms with van der Waals surface area (Å²) < 4.78 is 0.969. The normalized spacial score (nSPS) is 10.8. The lowest BCUT2D eigenvalue weighted by Crippen LogP contribution is -1.86. The Morgan fingerprint density at radius 1 is 1.25 bits per heavy atom. The first-order valence-electron chi connectivity index (χ1n) is 5.88. The first kappa shape index (κ1) is 14.8. The molecule has 1 heterocycles. The van der Waals surface area contributed by atoms with Crippen LogP contribution in [0.5, 0.6) is 0 Å². The second-order valence-corrected chi connectivity index (χ2v) is 5.93. The number of aromatic nitrogens is 1. The molecule has 0 amide bonds. The molecule has 0 unspecified atom stereocenters. The van der Waals surface area contributed by atoms with Gasteiger partial charge in [-0.05, 0) is 45.3 Å². The van der Waals surface area contributed by atoms with E-state index in [4.69, 9.17) is 5.11 Å². The summed E-state index contributed by atoms with van der Waals surface area (Å²) in [5, 5.41) is 9.53. The molecule has 2 rings (SSSR count). The number of rotatable bonds is 5. The second kappa shape index (κ2) is 7.26. The number of carboxylic acids is 1. The Balaban J connectivity index is 1.93. The largest absolute Gasteiger partial charge is 0.478 e. The van der Waals surface area contributed by atoms with Crippen molar-refractivity contribution in [3.05, 3.63) is 64.3 Å². The summed E-state index contributed by atoms with van der Waals surface area (Å²) in [4.78, 5) is 14.7. The van der Waals surface area contributed by atoms with E-state index in [-0.39, 0.29) is 0 Å². The number of carbonyl (C=O) groups is 1. The van der Waals surface area contributed by atoms with Crippen molar-refractivity contribution >= 4 is 39.7 Å². The van der Waals surface area contributed by atoms with Crippen LogP contribution in [0, 0.1) is 0 Å². The Bertz CT molecular complexity index is 609. The molecule has 0 radical (unpaired) electrons. The lowest BCUT2D eigenvalue weighted by atomic mass is 10.1. The highest BCUT2D eigenvalue weighted by molar-refractivity contribution is 9.10. The molecule has 102 valence electrons. The highest BCUT2D eigenvalue weighted by atomic mass is 79.9. The lowest BCUT2D eigenvalue weighted by molar-refractivity contribution is -0.131. The van der Waals surface area contributed by atoms with E-state index in [1.54, 1.807) is 24.0 Å². The van der Waals surface area contributed by atoms with Gasteiger partial charge < -0.3 is 5.11 Å². The van der Waals surface area contributed by atoms with Crippen LogP contribution in [-0.4, -0.2) is 16.1 Å². The summed E-state index contributed by atoms with van der Waals surface area (Å²) in [6.45, 7) is 0. The fraction of sp³-hybridized carbons (Fsp3) is 0.0667. The van der Waals surface area contributed by atoms with E-state index >= 15 is 0 Å². The maximum absolute atomic E-state index is 10.4. The third-order valence-corrected chi connectivity index (χ3v) is 3.97. The van der Waals surface area contributed by atoms with Crippen molar-refractivity contribution in [3.63, 3.8) is 0 Å². The summed E-state index contributed by atoms with van der Waals surface area (Å²) in [5.41, 5.74) is 2.05. The molecule has 0 aliphatic rings. The SMILES string of the molecule is O=C(O)C=Cc1ccc(CSc2ccc(Br)cn2)cc1. The molecular weight excluding hydrogens is 338 g/mol. The fourth-order valence-corrected chi connectivity index (χ4v) is 2.53. The molecule has 0 aliphatic heterocycles. The number of benzene rings is 1. The summed E-state index contributed by atoms with van der Waals surface area (Å²) in [7, 11) is 0. The van der Waals surface area contributed by atoms with Gasteiger partial charge in [0.15, 0.2) is 0 Å².